The Morgan fingerprint density at radius 2 is 1.78 bits per heavy atom. The smallest absolute Gasteiger partial charge is 0.287 e. The Hall–Kier alpha value is -3.60. The first-order valence-corrected chi connectivity index (χ1v) is 8.43. The molecule has 0 aromatic carbocycles. The van der Waals surface area contributed by atoms with Gasteiger partial charge in [0, 0.05) is 30.7 Å². The fourth-order valence-corrected chi connectivity index (χ4v) is 2.78. The van der Waals surface area contributed by atoms with Crippen LogP contribution in [0, 0.1) is 0 Å². The minimum absolute atomic E-state index is 0.00306. The summed E-state index contributed by atoms with van der Waals surface area (Å²) in [4.78, 5) is 48.3. The molecule has 11 heteroatoms. The highest BCUT2D eigenvalue weighted by Crippen LogP contribution is 2.17. The SMILES string of the molecule is NC(=O)C(=O)C(Cc1ccccn1)NC(=O)c1nsnc1-c1ncccn1. The molecule has 3 aromatic heterocycles. The van der Waals surface area contributed by atoms with Crippen molar-refractivity contribution in [1.82, 2.24) is 29.0 Å². The van der Waals surface area contributed by atoms with Gasteiger partial charge in [0.15, 0.2) is 17.2 Å². The zero-order valence-corrected chi connectivity index (χ0v) is 14.6. The normalized spacial score (nSPS) is 11.6. The van der Waals surface area contributed by atoms with Crippen molar-refractivity contribution in [3.05, 3.63) is 54.2 Å². The maximum atomic E-state index is 12.6. The lowest BCUT2D eigenvalue weighted by Crippen LogP contribution is -2.47. The highest BCUT2D eigenvalue weighted by atomic mass is 32.1. The monoisotopic (exact) mass is 383 g/mol. The van der Waals surface area contributed by atoms with Crippen molar-refractivity contribution >= 4 is 29.3 Å². The Kier molecular flexibility index (Phi) is 5.52. The zero-order chi connectivity index (χ0) is 19.2. The van der Waals surface area contributed by atoms with E-state index in [9.17, 15) is 14.4 Å². The molecule has 2 amide bonds. The number of primary amides is 1. The van der Waals surface area contributed by atoms with Crippen molar-refractivity contribution in [2.45, 2.75) is 12.5 Å². The van der Waals surface area contributed by atoms with Gasteiger partial charge < -0.3 is 11.1 Å². The van der Waals surface area contributed by atoms with Gasteiger partial charge in [0.05, 0.1) is 11.7 Å². The number of pyridine rings is 1. The van der Waals surface area contributed by atoms with Crippen LogP contribution in [0.2, 0.25) is 0 Å². The van der Waals surface area contributed by atoms with Crippen molar-refractivity contribution < 1.29 is 14.4 Å². The minimum atomic E-state index is -1.18. The largest absolute Gasteiger partial charge is 0.363 e. The fourth-order valence-electron chi connectivity index (χ4n) is 2.24. The summed E-state index contributed by atoms with van der Waals surface area (Å²) in [6.07, 6.45) is 4.55. The molecule has 3 aromatic rings. The first-order valence-electron chi connectivity index (χ1n) is 7.70. The number of aromatic nitrogens is 5. The Bertz CT molecular complexity index is 962. The number of rotatable bonds is 7. The number of carbonyl (C=O) groups is 3. The first kappa shape index (κ1) is 18.2. The molecule has 136 valence electrons. The van der Waals surface area contributed by atoms with E-state index in [0.717, 1.165) is 11.7 Å². The molecule has 0 aliphatic carbocycles. The third-order valence-corrected chi connectivity index (χ3v) is 4.01. The Morgan fingerprint density at radius 3 is 2.44 bits per heavy atom. The molecule has 0 saturated carbocycles. The number of amides is 2. The van der Waals surface area contributed by atoms with Gasteiger partial charge in [-0.05, 0) is 18.2 Å². The van der Waals surface area contributed by atoms with Crippen LogP contribution in [0.4, 0.5) is 0 Å². The maximum Gasteiger partial charge on any atom is 0.287 e. The molecule has 0 bridgehead atoms. The Balaban J connectivity index is 1.84. The number of nitrogens with zero attached hydrogens (tertiary/aromatic N) is 5. The van der Waals surface area contributed by atoms with Crippen LogP contribution in [0.5, 0.6) is 0 Å². The van der Waals surface area contributed by atoms with Crippen molar-refractivity contribution in [2.24, 2.45) is 5.73 Å². The highest BCUT2D eigenvalue weighted by molar-refractivity contribution is 6.99. The molecule has 0 aliphatic rings. The number of nitrogens with two attached hydrogens (primary N) is 1. The van der Waals surface area contributed by atoms with Crippen LogP contribution >= 0.6 is 11.7 Å². The van der Waals surface area contributed by atoms with E-state index < -0.39 is 23.6 Å². The van der Waals surface area contributed by atoms with Crippen LogP contribution in [-0.4, -0.2) is 47.3 Å². The molecule has 3 N–H and O–H groups in total. The summed E-state index contributed by atoms with van der Waals surface area (Å²) >= 11 is 0.805. The molecule has 0 saturated heterocycles. The third kappa shape index (κ3) is 4.33. The van der Waals surface area contributed by atoms with Gasteiger partial charge in [-0.2, -0.15) is 8.75 Å². The number of hydrogen-bond donors (Lipinski definition) is 2. The van der Waals surface area contributed by atoms with Gasteiger partial charge in [-0.25, -0.2) is 9.97 Å². The van der Waals surface area contributed by atoms with Crippen molar-refractivity contribution in [3.8, 4) is 11.5 Å². The highest BCUT2D eigenvalue weighted by Gasteiger charge is 2.29. The van der Waals surface area contributed by atoms with Gasteiger partial charge in [0.2, 0.25) is 5.78 Å². The first-order chi connectivity index (χ1) is 13.1. The summed E-state index contributed by atoms with van der Waals surface area (Å²) in [7, 11) is 0. The summed E-state index contributed by atoms with van der Waals surface area (Å²) in [5.74, 6) is -2.56. The number of nitrogens with one attached hydrogen (secondary N) is 1. The van der Waals surface area contributed by atoms with E-state index in [1.807, 2.05) is 0 Å². The standard InChI is InChI=1S/C16H13N7O3S/c17-14(25)13(24)10(8-9-4-1-2-5-18-9)21-16(26)12-11(22-27-23-12)15-19-6-3-7-20-15/h1-7,10H,8H2,(H2,17,25)(H,21,26). The van der Waals surface area contributed by atoms with E-state index in [-0.39, 0.29) is 23.6 Å². The lowest BCUT2D eigenvalue weighted by atomic mass is 10.1. The number of Topliss-reactive ketones (excluding diaryl/α,β-unsaturated/α-hetero) is 1. The second kappa shape index (κ2) is 8.19. The predicted octanol–water partition coefficient (Wildman–Crippen LogP) is -0.214. The minimum Gasteiger partial charge on any atom is -0.363 e. The van der Waals surface area contributed by atoms with Crippen molar-refractivity contribution in [2.75, 3.05) is 0 Å². The van der Waals surface area contributed by atoms with Gasteiger partial charge in [-0.1, -0.05) is 6.07 Å². The van der Waals surface area contributed by atoms with E-state index in [1.165, 1.54) is 18.6 Å². The molecule has 27 heavy (non-hydrogen) atoms. The molecule has 0 aliphatic heterocycles. The van der Waals surface area contributed by atoms with E-state index in [0.29, 0.717) is 5.69 Å². The molecule has 0 radical (unpaired) electrons. The quantitative estimate of drug-likeness (QED) is 0.531. The lowest BCUT2D eigenvalue weighted by molar-refractivity contribution is -0.137. The molecule has 1 unspecified atom stereocenters. The summed E-state index contributed by atoms with van der Waals surface area (Å²) in [6, 6.07) is 5.54. The number of ketones is 1. The molecule has 0 spiro atoms. The average molecular weight is 383 g/mol. The summed E-state index contributed by atoms with van der Waals surface area (Å²) in [5.41, 5.74) is 5.75. The molecular weight excluding hydrogens is 370 g/mol. The zero-order valence-electron chi connectivity index (χ0n) is 13.8. The van der Waals surface area contributed by atoms with Gasteiger partial charge in [-0.15, -0.1) is 0 Å². The second-order valence-corrected chi connectivity index (χ2v) is 5.84. The molecule has 3 heterocycles. The van der Waals surface area contributed by atoms with Crippen molar-refractivity contribution in [3.63, 3.8) is 0 Å². The molecule has 1 atom stereocenters. The van der Waals surface area contributed by atoms with Crippen molar-refractivity contribution in [1.29, 1.82) is 0 Å². The Labute approximate surface area is 157 Å². The number of hydrogen-bond acceptors (Lipinski definition) is 9. The van der Waals surface area contributed by atoms with Gasteiger partial charge in [0.1, 0.15) is 6.04 Å². The lowest BCUT2D eigenvalue weighted by Gasteiger charge is -2.15. The van der Waals surface area contributed by atoms with Crippen LogP contribution in [-0.2, 0) is 16.0 Å². The topological polar surface area (TPSA) is 154 Å². The fraction of sp³-hybridized carbons (Fsp3) is 0.125. The van der Waals surface area contributed by atoms with Crippen LogP contribution < -0.4 is 11.1 Å². The van der Waals surface area contributed by atoms with E-state index in [4.69, 9.17) is 5.73 Å². The van der Waals surface area contributed by atoms with Gasteiger partial charge >= 0.3 is 0 Å². The van der Waals surface area contributed by atoms with E-state index in [1.54, 1.807) is 24.3 Å². The van der Waals surface area contributed by atoms with Crippen LogP contribution in [0.3, 0.4) is 0 Å². The average Bonchev–Trinajstić information content (AvgIpc) is 3.18. The van der Waals surface area contributed by atoms with Gasteiger partial charge in [0.25, 0.3) is 11.8 Å². The predicted molar refractivity (Wildman–Crippen MR) is 94.3 cm³/mol. The third-order valence-electron chi connectivity index (χ3n) is 3.49. The summed E-state index contributed by atoms with van der Waals surface area (Å²) in [5, 5.41) is 2.48. The summed E-state index contributed by atoms with van der Waals surface area (Å²) in [6.45, 7) is 0. The molecule has 10 nitrogen and oxygen atoms in total. The molecular formula is C16H13N7O3S. The van der Waals surface area contributed by atoms with Crippen LogP contribution in [0.25, 0.3) is 11.5 Å². The Morgan fingerprint density at radius 1 is 1.04 bits per heavy atom. The second-order valence-electron chi connectivity index (χ2n) is 5.31. The van der Waals surface area contributed by atoms with Crippen LogP contribution in [0.1, 0.15) is 16.2 Å². The van der Waals surface area contributed by atoms with E-state index >= 15 is 0 Å². The van der Waals surface area contributed by atoms with Gasteiger partial charge in [-0.3, -0.25) is 19.4 Å². The molecule has 3 rings (SSSR count). The summed E-state index contributed by atoms with van der Waals surface area (Å²) < 4.78 is 7.99. The maximum absolute atomic E-state index is 12.6. The van der Waals surface area contributed by atoms with Crippen LogP contribution in [0.15, 0.2) is 42.9 Å². The number of carbonyl (C=O) groups excluding carboxylic acids is 3. The molecule has 0 fully saturated rings. The van der Waals surface area contributed by atoms with E-state index in [2.05, 4.69) is 29.0 Å².